The Hall–Kier alpha value is -1.29. The van der Waals surface area contributed by atoms with E-state index in [2.05, 4.69) is 43.3 Å². The van der Waals surface area contributed by atoms with Gasteiger partial charge in [-0.1, -0.05) is 39.3 Å². The molecule has 19 heavy (non-hydrogen) atoms. The molecule has 0 radical (unpaired) electrons. The first-order valence-corrected chi connectivity index (χ1v) is 6.89. The van der Waals surface area contributed by atoms with Gasteiger partial charge in [0.2, 0.25) is 0 Å². The van der Waals surface area contributed by atoms with Gasteiger partial charge in [-0.15, -0.1) is 0 Å². The van der Waals surface area contributed by atoms with Crippen molar-refractivity contribution in [1.82, 2.24) is 10.3 Å². The number of hydrogen-bond acceptors (Lipinski definition) is 3. The molecular weight excluding hydrogens is 262 g/mol. The summed E-state index contributed by atoms with van der Waals surface area (Å²) in [6.07, 6.45) is 0.986. The predicted octanol–water partition coefficient (Wildman–Crippen LogP) is 3.33. The standard InChI is InChI=1S/C14H22ClN3O/c1-5-6-16-12-8-10(7-11(15)18-12)13(19)17-9-14(2,3)4/h7-8H,5-6,9H2,1-4H3,(H,16,18)(H,17,19). The SMILES string of the molecule is CCCNc1cc(C(=O)NCC(C)(C)C)cc(Cl)n1. The average Bonchev–Trinajstić information content (AvgIpc) is 2.31. The van der Waals surface area contributed by atoms with E-state index in [-0.39, 0.29) is 11.3 Å². The number of hydrogen-bond donors (Lipinski definition) is 2. The van der Waals surface area contributed by atoms with E-state index in [9.17, 15) is 4.79 Å². The number of nitrogens with zero attached hydrogens (tertiary/aromatic N) is 1. The van der Waals surface area contributed by atoms with Crippen LogP contribution in [0.5, 0.6) is 0 Å². The Bertz CT molecular complexity index is 441. The van der Waals surface area contributed by atoms with E-state index >= 15 is 0 Å². The molecule has 0 atom stereocenters. The summed E-state index contributed by atoms with van der Waals surface area (Å²) in [7, 11) is 0. The fraction of sp³-hybridized carbons (Fsp3) is 0.571. The average molecular weight is 284 g/mol. The molecule has 4 nitrogen and oxygen atoms in total. The van der Waals surface area contributed by atoms with E-state index in [1.165, 1.54) is 0 Å². The summed E-state index contributed by atoms with van der Waals surface area (Å²) in [5.74, 6) is 0.508. The second kappa shape index (κ2) is 6.75. The number of anilines is 1. The Morgan fingerprint density at radius 2 is 2.05 bits per heavy atom. The molecule has 0 fully saturated rings. The number of halogens is 1. The van der Waals surface area contributed by atoms with Gasteiger partial charge in [0.05, 0.1) is 0 Å². The largest absolute Gasteiger partial charge is 0.370 e. The summed E-state index contributed by atoms with van der Waals surface area (Å²) in [6, 6.07) is 3.30. The first-order valence-electron chi connectivity index (χ1n) is 6.51. The summed E-state index contributed by atoms with van der Waals surface area (Å²) in [5.41, 5.74) is 0.582. The maximum absolute atomic E-state index is 12.0. The maximum atomic E-state index is 12.0. The quantitative estimate of drug-likeness (QED) is 0.815. The highest BCUT2D eigenvalue weighted by atomic mass is 35.5. The van der Waals surface area contributed by atoms with Crippen LogP contribution in [0.3, 0.4) is 0 Å². The molecule has 0 spiro atoms. The Kier molecular flexibility index (Phi) is 5.60. The third-order valence-electron chi connectivity index (χ3n) is 2.39. The third-order valence-corrected chi connectivity index (χ3v) is 2.59. The Labute approximate surface area is 120 Å². The third kappa shape index (κ3) is 5.92. The molecule has 1 heterocycles. The van der Waals surface area contributed by atoms with Gasteiger partial charge in [-0.05, 0) is 24.0 Å². The van der Waals surface area contributed by atoms with Crippen LogP contribution in [0, 0.1) is 5.41 Å². The lowest BCUT2D eigenvalue weighted by molar-refractivity contribution is 0.0939. The van der Waals surface area contributed by atoms with Gasteiger partial charge >= 0.3 is 0 Å². The monoisotopic (exact) mass is 283 g/mol. The van der Waals surface area contributed by atoms with Crippen LogP contribution >= 0.6 is 11.6 Å². The van der Waals surface area contributed by atoms with Crippen LogP contribution in [-0.4, -0.2) is 24.0 Å². The summed E-state index contributed by atoms with van der Waals surface area (Å²) >= 11 is 5.93. The Balaban J connectivity index is 2.76. The molecule has 0 aliphatic rings. The molecule has 0 unspecified atom stereocenters. The molecule has 0 saturated carbocycles. The van der Waals surface area contributed by atoms with Crippen molar-refractivity contribution in [1.29, 1.82) is 0 Å². The molecule has 106 valence electrons. The van der Waals surface area contributed by atoms with Crippen molar-refractivity contribution in [2.45, 2.75) is 34.1 Å². The second-order valence-corrected chi connectivity index (χ2v) is 6.12. The van der Waals surface area contributed by atoms with E-state index in [1.54, 1.807) is 12.1 Å². The maximum Gasteiger partial charge on any atom is 0.251 e. The number of aromatic nitrogens is 1. The molecule has 1 amide bonds. The molecule has 0 bridgehead atoms. The van der Waals surface area contributed by atoms with E-state index in [0.29, 0.717) is 23.1 Å². The normalized spacial score (nSPS) is 11.2. The fourth-order valence-corrected chi connectivity index (χ4v) is 1.63. The van der Waals surface area contributed by atoms with Crippen LogP contribution in [0.2, 0.25) is 5.15 Å². The fourth-order valence-electron chi connectivity index (χ4n) is 1.42. The number of rotatable bonds is 5. The van der Waals surface area contributed by atoms with Crippen molar-refractivity contribution in [2.75, 3.05) is 18.4 Å². The van der Waals surface area contributed by atoms with Crippen LogP contribution < -0.4 is 10.6 Å². The van der Waals surface area contributed by atoms with Gasteiger partial charge in [0.1, 0.15) is 11.0 Å². The highest BCUT2D eigenvalue weighted by Gasteiger charge is 2.14. The summed E-state index contributed by atoms with van der Waals surface area (Å²) < 4.78 is 0. The Morgan fingerprint density at radius 3 is 2.63 bits per heavy atom. The molecular formula is C14H22ClN3O. The summed E-state index contributed by atoms with van der Waals surface area (Å²) in [4.78, 5) is 16.2. The van der Waals surface area contributed by atoms with Crippen LogP contribution in [-0.2, 0) is 0 Å². The van der Waals surface area contributed by atoms with Crippen molar-refractivity contribution in [3.63, 3.8) is 0 Å². The van der Waals surface area contributed by atoms with Crippen LogP contribution in [0.1, 0.15) is 44.5 Å². The van der Waals surface area contributed by atoms with Crippen molar-refractivity contribution >= 4 is 23.3 Å². The minimum atomic E-state index is -0.126. The highest BCUT2D eigenvalue weighted by molar-refractivity contribution is 6.29. The van der Waals surface area contributed by atoms with Crippen molar-refractivity contribution < 1.29 is 4.79 Å². The second-order valence-electron chi connectivity index (χ2n) is 5.73. The van der Waals surface area contributed by atoms with Gasteiger partial charge < -0.3 is 10.6 Å². The lowest BCUT2D eigenvalue weighted by Crippen LogP contribution is -2.32. The van der Waals surface area contributed by atoms with Crippen molar-refractivity contribution in [3.05, 3.63) is 22.8 Å². The Morgan fingerprint density at radius 1 is 1.37 bits per heavy atom. The molecule has 0 aliphatic heterocycles. The summed E-state index contributed by atoms with van der Waals surface area (Å²) in [6.45, 7) is 9.69. The van der Waals surface area contributed by atoms with Crippen LogP contribution in [0.25, 0.3) is 0 Å². The van der Waals surface area contributed by atoms with Crippen LogP contribution in [0.4, 0.5) is 5.82 Å². The van der Waals surface area contributed by atoms with Crippen molar-refractivity contribution in [3.8, 4) is 0 Å². The lowest BCUT2D eigenvalue weighted by Gasteiger charge is -2.18. The molecule has 1 aromatic heterocycles. The molecule has 0 aliphatic carbocycles. The molecule has 0 saturated heterocycles. The minimum Gasteiger partial charge on any atom is -0.370 e. The number of pyridine rings is 1. The van der Waals surface area contributed by atoms with E-state index in [4.69, 9.17) is 11.6 Å². The number of carbonyl (C=O) groups excluding carboxylic acids is 1. The van der Waals surface area contributed by atoms with Gasteiger partial charge in [-0.25, -0.2) is 4.98 Å². The van der Waals surface area contributed by atoms with Gasteiger partial charge in [0, 0.05) is 18.7 Å². The minimum absolute atomic E-state index is 0.0514. The highest BCUT2D eigenvalue weighted by Crippen LogP contribution is 2.16. The van der Waals surface area contributed by atoms with Crippen molar-refractivity contribution in [2.24, 2.45) is 5.41 Å². The van der Waals surface area contributed by atoms with Crippen LogP contribution in [0.15, 0.2) is 12.1 Å². The lowest BCUT2D eigenvalue weighted by atomic mass is 9.97. The van der Waals surface area contributed by atoms with Gasteiger partial charge in [0.25, 0.3) is 5.91 Å². The number of nitrogens with one attached hydrogen (secondary N) is 2. The molecule has 1 rings (SSSR count). The summed E-state index contributed by atoms with van der Waals surface area (Å²) in [5, 5.41) is 6.34. The molecule has 1 aromatic rings. The topological polar surface area (TPSA) is 54.0 Å². The zero-order valence-electron chi connectivity index (χ0n) is 12.0. The van der Waals surface area contributed by atoms with E-state index in [0.717, 1.165) is 13.0 Å². The first kappa shape index (κ1) is 15.8. The number of amides is 1. The van der Waals surface area contributed by atoms with Gasteiger partial charge in [-0.3, -0.25) is 4.79 Å². The zero-order valence-corrected chi connectivity index (χ0v) is 12.8. The van der Waals surface area contributed by atoms with E-state index in [1.807, 2.05) is 0 Å². The molecule has 2 N–H and O–H groups in total. The zero-order chi connectivity index (χ0) is 14.5. The van der Waals surface area contributed by atoms with Gasteiger partial charge in [-0.2, -0.15) is 0 Å². The smallest absolute Gasteiger partial charge is 0.251 e. The first-order chi connectivity index (χ1) is 8.81. The van der Waals surface area contributed by atoms with Gasteiger partial charge in [0.15, 0.2) is 0 Å². The number of carbonyl (C=O) groups is 1. The predicted molar refractivity (Wildman–Crippen MR) is 79.8 cm³/mol. The van der Waals surface area contributed by atoms with E-state index < -0.39 is 0 Å². The molecule has 0 aromatic carbocycles. The molecule has 5 heteroatoms.